The van der Waals surface area contributed by atoms with Crippen molar-refractivity contribution in [3.8, 4) is 5.88 Å². The normalized spacial score (nSPS) is 25.7. The molecule has 0 aliphatic carbocycles. The first-order valence-electron chi connectivity index (χ1n) is 12.5. The van der Waals surface area contributed by atoms with Crippen molar-refractivity contribution in [2.24, 2.45) is 0 Å². The van der Waals surface area contributed by atoms with Gasteiger partial charge in [0.15, 0.2) is 0 Å². The van der Waals surface area contributed by atoms with Crippen LogP contribution in [-0.4, -0.2) is 70.1 Å². The predicted octanol–water partition coefficient (Wildman–Crippen LogP) is 2.74. The van der Waals surface area contributed by atoms with Crippen molar-refractivity contribution >= 4 is 32.3 Å². The van der Waals surface area contributed by atoms with Crippen LogP contribution in [0.1, 0.15) is 47.8 Å². The van der Waals surface area contributed by atoms with Crippen LogP contribution in [0, 0.1) is 0 Å². The van der Waals surface area contributed by atoms with Crippen LogP contribution in [0.15, 0.2) is 41.2 Å². The molecule has 198 valence electrons. The summed E-state index contributed by atoms with van der Waals surface area (Å²) in [5, 5.41) is 0.0675. The summed E-state index contributed by atoms with van der Waals surface area (Å²) in [5.41, 5.74) is -0.420. The molecule has 2 aliphatic heterocycles. The van der Waals surface area contributed by atoms with E-state index >= 15 is 0 Å². The first kappa shape index (κ1) is 27.5. The predicted molar refractivity (Wildman–Crippen MR) is 142 cm³/mol. The van der Waals surface area contributed by atoms with Crippen molar-refractivity contribution in [3.63, 3.8) is 0 Å². The van der Waals surface area contributed by atoms with Gasteiger partial charge >= 0.3 is 221 Å². The number of ether oxygens (including phenoxy) is 4. The maximum absolute atomic E-state index is 13.4. The number of hydrogen-bond donors (Lipinski definition) is 0. The molecule has 0 N–H and O–H groups in total. The Morgan fingerprint density at radius 1 is 1.14 bits per heavy atom. The minimum absolute atomic E-state index is 0.0675. The van der Waals surface area contributed by atoms with E-state index in [0.29, 0.717) is 19.1 Å². The number of hydrogen-bond acceptors (Lipinski definition) is 7. The summed E-state index contributed by atoms with van der Waals surface area (Å²) in [7, 11) is -2.01. The van der Waals surface area contributed by atoms with E-state index in [0.717, 1.165) is 9.05 Å². The zero-order valence-electron chi connectivity index (χ0n) is 22.4. The quantitative estimate of drug-likeness (QED) is 0.444. The number of benzene rings is 1. The summed E-state index contributed by atoms with van der Waals surface area (Å²) >= 11 is -0.182. The molecule has 0 saturated carbocycles. The van der Waals surface area contributed by atoms with Gasteiger partial charge in [-0.1, -0.05) is 0 Å². The molecule has 2 aromatic rings. The monoisotopic (exact) mass is 582 g/mol. The van der Waals surface area contributed by atoms with Gasteiger partial charge in [0.05, 0.1) is 0 Å². The van der Waals surface area contributed by atoms with Gasteiger partial charge in [-0.05, 0) is 0 Å². The number of aromatic nitrogens is 2. The fourth-order valence-corrected chi connectivity index (χ4v) is 7.16. The van der Waals surface area contributed by atoms with Crippen molar-refractivity contribution in [2.45, 2.75) is 90.0 Å². The number of rotatable bonds is 8. The van der Waals surface area contributed by atoms with E-state index in [-0.39, 0.29) is 32.2 Å². The molecule has 0 bridgehead atoms. The molecule has 2 aliphatic rings. The maximum atomic E-state index is 13.4. The fraction of sp³-hybridized carbons (Fsp3) is 0.615. The molecule has 0 unspecified atom stereocenters. The Bertz CT molecular complexity index is 1120. The van der Waals surface area contributed by atoms with Gasteiger partial charge in [-0.3, -0.25) is 0 Å². The minimum atomic E-state index is -2.01. The van der Waals surface area contributed by atoms with E-state index in [2.05, 4.69) is 51.0 Å². The van der Waals surface area contributed by atoms with Gasteiger partial charge in [0.2, 0.25) is 0 Å². The van der Waals surface area contributed by atoms with Crippen LogP contribution in [0.3, 0.4) is 0 Å². The van der Waals surface area contributed by atoms with Gasteiger partial charge in [0.1, 0.15) is 0 Å². The number of fused-ring (bicyclic) bond motifs is 1. The van der Waals surface area contributed by atoms with E-state index < -0.39 is 32.1 Å². The first-order valence-corrected chi connectivity index (χ1v) is 17.1. The molecule has 4 atom stereocenters. The average Bonchev–Trinajstić information content (AvgIpc) is 3.25. The second-order valence-electron chi connectivity index (χ2n) is 11.1. The fourth-order valence-electron chi connectivity index (χ4n) is 4.10. The molecule has 0 amide bonds. The summed E-state index contributed by atoms with van der Waals surface area (Å²) in [5.74, 6) is -0.470. The Kier molecular flexibility index (Phi) is 7.89. The molecule has 36 heavy (non-hydrogen) atoms. The topological polar surface area (TPSA) is 81.0 Å². The van der Waals surface area contributed by atoms with Crippen molar-refractivity contribution in [1.82, 2.24) is 9.55 Å². The van der Waals surface area contributed by atoms with Gasteiger partial charge < -0.3 is 0 Å². The zero-order valence-corrected chi connectivity index (χ0v) is 25.2. The van der Waals surface area contributed by atoms with Gasteiger partial charge in [0, 0.05) is 0 Å². The third-order valence-corrected chi connectivity index (χ3v) is 13.6. The van der Waals surface area contributed by atoms with E-state index in [1.165, 1.54) is 0 Å². The molecule has 2 saturated heterocycles. The molecule has 2 fully saturated rings. The van der Waals surface area contributed by atoms with E-state index in [1.807, 2.05) is 45.0 Å². The van der Waals surface area contributed by atoms with Crippen molar-refractivity contribution in [2.75, 3.05) is 13.2 Å². The summed E-state index contributed by atoms with van der Waals surface area (Å²) in [6.07, 6.45) is -1.87. The van der Waals surface area contributed by atoms with Crippen molar-refractivity contribution < 1.29 is 23.4 Å². The third kappa shape index (κ3) is 5.80. The summed E-state index contributed by atoms with van der Waals surface area (Å²) < 4.78 is 34.8. The SMILES string of the molecule is CCOc1cc([Se]c2ccccc2)n([C@@H]2O[C@H](CO[Si](C)(C)C(C)(C)C)[C@H]3OC(C)(C)O[C@H]32)c(=O)n1. The van der Waals surface area contributed by atoms with E-state index in [1.54, 1.807) is 4.57 Å². The van der Waals surface area contributed by atoms with Crippen LogP contribution in [0.25, 0.3) is 0 Å². The average molecular weight is 582 g/mol. The molecule has 0 spiro atoms. The van der Waals surface area contributed by atoms with Crippen LogP contribution in [-0.2, 0) is 18.6 Å². The van der Waals surface area contributed by atoms with Crippen LogP contribution < -0.4 is 19.5 Å². The van der Waals surface area contributed by atoms with Crippen LogP contribution >= 0.6 is 0 Å². The third-order valence-electron chi connectivity index (χ3n) is 6.95. The van der Waals surface area contributed by atoms with Crippen molar-refractivity contribution in [1.29, 1.82) is 0 Å². The van der Waals surface area contributed by atoms with Gasteiger partial charge in [-0.15, -0.1) is 0 Å². The Morgan fingerprint density at radius 3 is 2.44 bits per heavy atom. The van der Waals surface area contributed by atoms with Crippen LogP contribution in [0.4, 0.5) is 0 Å². The van der Waals surface area contributed by atoms with Crippen LogP contribution in [0.5, 0.6) is 5.88 Å². The molecule has 8 nitrogen and oxygen atoms in total. The Morgan fingerprint density at radius 2 is 1.81 bits per heavy atom. The van der Waals surface area contributed by atoms with Crippen molar-refractivity contribution in [3.05, 3.63) is 46.9 Å². The second-order valence-corrected chi connectivity index (χ2v) is 18.2. The molecule has 0 radical (unpaired) electrons. The first-order chi connectivity index (χ1) is 16.8. The summed E-state index contributed by atoms with van der Waals surface area (Å²) in [6, 6.07) is 11.9. The molecule has 10 heteroatoms. The Labute approximate surface area is 220 Å². The molecule has 1 aromatic carbocycles. The molecule has 3 heterocycles. The van der Waals surface area contributed by atoms with Gasteiger partial charge in [-0.25, -0.2) is 0 Å². The van der Waals surface area contributed by atoms with Gasteiger partial charge in [-0.2, -0.15) is 0 Å². The van der Waals surface area contributed by atoms with Gasteiger partial charge in [0.25, 0.3) is 0 Å². The second kappa shape index (κ2) is 10.3. The Balaban J connectivity index is 1.69. The van der Waals surface area contributed by atoms with Crippen LogP contribution in [0.2, 0.25) is 18.1 Å². The molecule has 4 rings (SSSR count). The molecule has 1 aromatic heterocycles. The van der Waals surface area contributed by atoms with E-state index in [9.17, 15) is 4.79 Å². The summed E-state index contributed by atoms with van der Waals surface area (Å²) in [4.78, 5) is 17.6. The number of nitrogens with zero attached hydrogens (tertiary/aromatic N) is 2. The van der Waals surface area contributed by atoms with E-state index in [4.69, 9.17) is 23.4 Å². The zero-order chi connectivity index (χ0) is 26.3. The molecular formula is C26H38N2O6SeSi. The standard InChI is InChI=1S/C26H38N2O6SeSi/c1-9-30-19-15-20(35-17-13-11-10-12-14-17)28(24(29)27-19)23-22-21(33-26(5,6)34-22)18(32-23)16-31-36(7,8)25(2,3)4/h10-15,18,21-23H,9,16H2,1-8H3/t18-,21-,22-,23-/m1/s1. The summed E-state index contributed by atoms with van der Waals surface area (Å²) in [6.45, 7) is 17.5. The Hall–Kier alpha value is -1.52. The molecular weight excluding hydrogens is 543 g/mol.